The van der Waals surface area contributed by atoms with E-state index in [1.54, 1.807) is 0 Å². The summed E-state index contributed by atoms with van der Waals surface area (Å²) in [4.78, 5) is 3.61. The average molecular weight is 217 g/mol. The minimum atomic E-state index is 0.304. The van der Waals surface area contributed by atoms with Gasteiger partial charge in [0.05, 0.1) is 11.4 Å². The Kier molecular flexibility index (Phi) is 2.92. The van der Waals surface area contributed by atoms with E-state index in [2.05, 4.69) is 19.6 Å². The van der Waals surface area contributed by atoms with E-state index in [4.69, 9.17) is 5.53 Å². The number of hydrogen-bond donors (Lipinski definition) is 0. The van der Waals surface area contributed by atoms with Gasteiger partial charge in [-0.1, -0.05) is 39.9 Å². The highest BCUT2D eigenvalue weighted by Crippen LogP contribution is 2.23. The van der Waals surface area contributed by atoms with E-state index in [9.17, 15) is 0 Å². The highest BCUT2D eigenvalue weighted by atomic mass is 32.1. The van der Waals surface area contributed by atoms with Gasteiger partial charge < -0.3 is 0 Å². The van der Waals surface area contributed by atoms with Crippen molar-refractivity contribution < 1.29 is 0 Å². The molecule has 0 bridgehead atoms. The van der Waals surface area contributed by atoms with Gasteiger partial charge in [-0.25, -0.2) is 0 Å². The van der Waals surface area contributed by atoms with Crippen molar-refractivity contribution in [3.63, 3.8) is 0 Å². The molecule has 0 N–H and O–H groups in total. The molecule has 0 fully saturated rings. The van der Waals surface area contributed by atoms with Crippen molar-refractivity contribution in [3.05, 3.63) is 45.7 Å². The van der Waals surface area contributed by atoms with Gasteiger partial charge in [0.25, 0.3) is 0 Å². The normalized spacial score (nSPS) is 9.60. The third-order valence-electron chi connectivity index (χ3n) is 1.88. The molecule has 6 heteroatoms. The van der Waals surface area contributed by atoms with Gasteiger partial charge in [0.2, 0.25) is 0 Å². The topological polar surface area (TPSA) is 74.5 Å². The van der Waals surface area contributed by atoms with E-state index in [0.717, 1.165) is 16.1 Å². The summed E-state index contributed by atoms with van der Waals surface area (Å²) in [6.45, 7) is 0.304. The molecular weight excluding hydrogens is 210 g/mol. The quantitative estimate of drug-likeness (QED) is 0.450. The van der Waals surface area contributed by atoms with Gasteiger partial charge in [-0.05, 0) is 17.1 Å². The Morgan fingerprint density at radius 2 is 2.13 bits per heavy atom. The van der Waals surface area contributed by atoms with Crippen molar-refractivity contribution in [3.8, 4) is 11.3 Å². The first kappa shape index (κ1) is 9.64. The van der Waals surface area contributed by atoms with Crippen molar-refractivity contribution in [1.29, 1.82) is 0 Å². The molecule has 0 atom stereocenters. The Balaban J connectivity index is 2.37. The van der Waals surface area contributed by atoms with Crippen molar-refractivity contribution >= 4 is 11.5 Å². The molecule has 0 aliphatic carbocycles. The zero-order chi connectivity index (χ0) is 10.5. The first-order valence-electron chi connectivity index (χ1n) is 4.29. The lowest BCUT2D eigenvalue weighted by Crippen LogP contribution is -1.83. The van der Waals surface area contributed by atoms with Crippen molar-refractivity contribution in [2.75, 3.05) is 0 Å². The second-order valence-electron chi connectivity index (χ2n) is 2.80. The van der Waals surface area contributed by atoms with Gasteiger partial charge in [0.15, 0.2) is 0 Å². The number of azide groups is 1. The van der Waals surface area contributed by atoms with Gasteiger partial charge in [-0.3, -0.25) is 0 Å². The summed E-state index contributed by atoms with van der Waals surface area (Å²) >= 11 is 1.26. The molecule has 74 valence electrons. The fourth-order valence-electron chi connectivity index (χ4n) is 1.22. The summed E-state index contributed by atoms with van der Waals surface area (Å²) in [7, 11) is 0. The van der Waals surface area contributed by atoms with Crippen LogP contribution in [0.2, 0.25) is 0 Å². The lowest BCUT2D eigenvalue weighted by Gasteiger charge is -1.96. The van der Waals surface area contributed by atoms with Crippen LogP contribution >= 0.6 is 11.5 Å². The van der Waals surface area contributed by atoms with Crippen LogP contribution in [0, 0.1) is 0 Å². The van der Waals surface area contributed by atoms with E-state index >= 15 is 0 Å². The molecule has 1 aromatic heterocycles. The van der Waals surface area contributed by atoms with E-state index in [0.29, 0.717) is 6.54 Å². The highest BCUT2D eigenvalue weighted by molar-refractivity contribution is 7.05. The predicted octanol–water partition coefficient (Wildman–Crippen LogP) is 3.02. The summed E-state index contributed by atoms with van der Waals surface area (Å²) in [5, 5.41) is 7.54. The predicted molar refractivity (Wildman–Crippen MR) is 58.2 cm³/mol. The monoisotopic (exact) mass is 217 g/mol. The molecule has 5 nitrogen and oxygen atoms in total. The largest absolute Gasteiger partial charge is 0.138 e. The van der Waals surface area contributed by atoms with Gasteiger partial charge in [-0.2, -0.15) is 0 Å². The van der Waals surface area contributed by atoms with Gasteiger partial charge >= 0.3 is 0 Å². The molecule has 1 aromatic carbocycles. The average Bonchev–Trinajstić information content (AvgIpc) is 2.75. The molecule has 0 spiro atoms. The second kappa shape index (κ2) is 4.54. The molecule has 2 rings (SSSR count). The Bertz CT molecular complexity index is 486. The molecule has 0 unspecified atom stereocenters. The standard InChI is InChI=1S/C9H7N5S/c10-13-11-6-8-9(12-14-15-8)7-4-2-1-3-5-7/h1-5H,6H2. The van der Waals surface area contributed by atoms with Crippen LogP contribution in [-0.2, 0) is 6.54 Å². The van der Waals surface area contributed by atoms with Gasteiger partial charge in [0.1, 0.15) is 5.69 Å². The fourth-order valence-corrected chi connectivity index (χ4v) is 1.81. The maximum Gasteiger partial charge on any atom is 0.109 e. The smallest absolute Gasteiger partial charge is 0.109 e. The molecule has 0 aliphatic heterocycles. The second-order valence-corrected chi connectivity index (χ2v) is 3.64. The Morgan fingerprint density at radius 1 is 1.33 bits per heavy atom. The van der Waals surface area contributed by atoms with Crippen LogP contribution in [0.3, 0.4) is 0 Å². The summed E-state index contributed by atoms with van der Waals surface area (Å²) < 4.78 is 3.86. The van der Waals surface area contributed by atoms with E-state index in [-0.39, 0.29) is 0 Å². The molecule has 0 radical (unpaired) electrons. The van der Waals surface area contributed by atoms with Crippen molar-refractivity contribution in [1.82, 2.24) is 9.59 Å². The third kappa shape index (κ3) is 2.12. The molecule has 15 heavy (non-hydrogen) atoms. The third-order valence-corrected chi connectivity index (χ3v) is 2.59. The summed E-state index contributed by atoms with van der Waals surface area (Å²) in [6, 6.07) is 9.72. The maximum atomic E-state index is 8.25. The van der Waals surface area contributed by atoms with Crippen LogP contribution in [0.1, 0.15) is 4.88 Å². The lowest BCUT2D eigenvalue weighted by atomic mass is 10.1. The van der Waals surface area contributed by atoms with Gasteiger partial charge in [0, 0.05) is 10.5 Å². The first-order valence-corrected chi connectivity index (χ1v) is 5.06. The molecular formula is C9H7N5S. The molecule has 0 amide bonds. The van der Waals surface area contributed by atoms with Crippen LogP contribution in [0.25, 0.3) is 21.7 Å². The number of aromatic nitrogens is 2. The molecule has 0 aliphatic rings. The zero-order valence-electron chi connectivity index (χ0n) is 7.74. The number of benzene rings is 1. The van der Waals surface area contributed by atoms with E-state index < -0.39 is 0 Å². The molecule has 0 saturated heterocycles. The van der Waals surface area contributed by atoms with E-state index in [1.165, 1.54) is 11.5 Å². The SMILES string of the molecule is [N-]=[N+]=NCc1snnc1-c1ccccc1. The van der Waals surface area contributed by atoms with Crippen LogP contribution in [0.15, 0.2) is 35.4 Å². The van der Waals surface area contributed by atoms with Crippen LogP contribution < -0.4 is 0 Å². The minimum Gasteiger partial charge on any atom is -0.138 e. The Morgan fingerprint density at radius 3 is 2.87 bits per heavy atom. The summed E-state index contributed by atoms with van der Waals surface area (Å²) in [5.41, 5.74) is 10.0. The zero-order valence-corrected chi connectivity index (χ0v) is 8.55. The maximum absolute atomic E-state index is 8.25. The number of nitrogens with zero attached hydrogens (tertiary/aromatic N) is 5. The van der Waals surface area contributed by atoms with Gasteiger partial charge in [-0.15, -0.1) is 5.10 Å². The molecule has 2 aromatic rings. The van der Waals surface area contributed by atoms with E-state index in [1.807, 2.05) is 30.3 Å². The van der Waals surface area contributed by atoms with Crippen molar-refractivity contribution in [2.45, 2.75) is 6.54 Å². The fraction of sp³-hybridized carbons (Fsp3) is 0.111. The summed E-state index contributed by atoms with van der Waals surface area (Å²) in [5.74, 6) is 0. The lowest BCUT2D eigenvalue weighted by molar-refractivity contribution is 1.06. The number of hydrogen-bond acceptors (Lipinski definition) is 4. The molecule has 1 heterocycles. The Labute approximate surface area is 90.2 Å². The van der Waals surface area contributed by atoms with Crippen LogP contribution in [0.5, 0.6) is 0 Å². The minimum absolute atomic E-state index is 0.304. The molecule has 0 saturated carbocycles. The highest BCUT2D eigenvalue weighted by Gasteiger charge is 2.08. The van der Waals surface area contributed by atoms with Crippen LogP contribution in [-0.4, -0.2) is 9.59 Å². The Hall–Kier alpha value is -1.91. The van der Waals surface area contributed by atoms with Crippen molar-refractivity contribution in [2.24, 2.45) is 5.11 Å². The number of rotatable bonds is 3. The first-order chi connectivity index (χ1) is 7.42. The summed E-state index contributed by atoms with van der Waals surface area (Å²) in [6.07, 6.45) is 0. The van der Waals surface area contributed by atoms with Crippen LogP contribution in [0.4, 0.5) is 0 Å².